The van der Waals surface area contributed by atoms with Crippen molar-refractivity contribution >= 4 is 27.5 Å². The van der Waals surface area contributed by atoms with E-state index in [1.807, 2.05) is 54.6 Å². The minimum atomic E-state index is -3.79. The molecule has 9 heteroatoms. The fourth-order valence-electron chi connectivity index (χ4n) is 3.84. The van der Waals surface area contributed by atoms with E-state index in [-0.39, 0.29) is 10.8 Å². The molecule has 0 radical (unpaired) electrons. The van der Waals surface area contributed by atoms with Crippen LogP contribution in [0.2, 0.25) is 0 Å². The van der Waals surface area contributed by atoms with Crippen LogP contribution in [0.3, 0.4) is 0 Å². The summed E-state index contributed by atoms with van der Waals surface area (Å²) in [7, 11) is -1.95. The third-order valence-electron chi connectivity index (χ3n) is 5.52. The van der Waals surface area contributed by atoms with Gasteiger partial charge in [0.15, 0.2) is 0 Å². The predicted octanol–water partition coefficient (Wildman–Crippen LogP) is 3.55. The average Bonchev–Trinajstić information content (AvgIpc) is 3.30. The molecule has 0 saturated carbocycles. The lowest BCUT2D eigenvalue weighted by atomic mass is 10.2. The molecule has 1 N–H and O–H groups in total. The van der Waals surface area contributed by atoms with Crippen molar-refractivity contribution in [3.63, 3.8) is 0 Å². The van der Waals surface area contributed by atoms with Crippen molar-refractivity contribution in [3.05, 3.63) is 71.7 Å². The molecule has 166 valence electrons. The number of rotatable bonds is 5. The smallest absolute Gasteiger partial charge is 0.283 e. The number of carbonyl (C=O) groups is 1. The molecule has 0 bridgehead atoms. The number of aromatic nitrogens is 2. The van der Waals surface area contributed by atoms with Crippen LogP contribution in [0.4, 0.5) is 5.69 Å². The summed E-state index contributed by atoms with van der Waals surface area (Å²) in [6, 6.07) is 13.5. The highest BCUT2D eigenvalue weighted by Crippen LogP contribution is 2.22. The van der Waals surface area contributed by atoms with Gasteiger partial charge in [0.2, 0.25) is 0 Å². The molecule has 1 aromatic carbocycles. The minimum Gasteiger partial charge on any atom is -0.362 e. The maximum absolute atomic E-state index is 12.9. The lowest BCUT2D eigenvalue weighted by Gasteiger charge is -2.11. The second-order valence-corrected chi connectivity index (χ2v) is 9.40. The summed E-state index contributed by atoms with van der Waals surface area (Å²) in [6.45, 7) is 4.59. The first-order chi connectivity index (χ1) is 15.3. The topological polar surface area (TPSA) is 96.7 Å². The Morgan fingerprint density at radius 2 is 1.88 bits per heavy atom. The number of amidine groups is 1. The predicted molar refractivity (Wildman–Crippen MR) is 124 cm³/mol. The molecule has 0 spiro atoms. The number of anilines is 1. The molecule has 1 amide bonds. The zero-order valence-electron chi connectivity index (χ0n) is 18.2. The monoisotopic (exact) mass is 451 g/mol. The van der Waals surface area contributed by atoms with Gasteiger partial charge in [-0.1, -0.05) is 6.07 Å². The summed E-state index contributed by atoms with van der Waals surface area (Å²) in [5.41, 5.74) is 2.70. The SMILES string of the molecule is Cc1cc(C(=O)Nc2ccc(S(=O)(=O)/N=C3\CCCN3C)cc2)c(C)n1-c1ccccn1. The Morgan fingerprint density at radius 1 is 1.12 bits per heavy atom. The molecule has 1 aliphatic rings. The van der Waals surface area contributed by atoms with Crippen molar-refractivity contribution < 1.29 is 13.2 Å². The van der Waals surface area contributed by atoms with Crippen LogP contribution >= 0.6 is 0 Å². The molecule has 0 aliphatic carbocycles. The average molecular weight is 452 g/mol. The van der Waals surface area contributed by atoms with E-state index >= 15 is 0 Å². The van der Waals surface area contributed by atoms with E-state index in [4.69, 9.17) is 0 Å². The number of aryl methyl sites for hydroxylation is 1. The normalized spacial score (nSPS) is 15.3. The third-order valence-corrected chi connectivity index (χ3v) is 6.84. The zero-order chi connectivity index (χ0) is 22.9. The fourth-order valence-corrected chi connectivity index (χ4v) is 4.93. The molecule has 32 heavy (non-hydrogen) atoms. The summed E-state index contributed by atoms with van der Waals surface area (Å²) >= 11 is 0. The van der Waals surface area contributed by atoms with Gasteiger partial charge in [0.1, 0.15) is 11.7 Å². The quantitative estimate of drug-likeness (QED) is 0.640. The number of pyridine rings is 1. The summed E-state index contributed by atoms with van der Waals surface area (Å²) in [6.07, 6.45) is 3.26. The van der Waals surface area contributed by atoms with E-state index < -0.39 is 10.0 Å². The van der Waals surface area contributed by atoms with Crippen LogP contribution in [0.15, 0.2) is 64.0 Å². The van der Waals surface area contributed by atoms with E-state index in [1.54, 1.807) is 18.3 Å². The van der Waals surface area contributed by atoms with E-state index in [0.717, 1.165) is 30.2 Å². The van der Waals surface area contributed by atoms with Gasteiger partial charge in [-0.2, -0.15) is 8.42 Å². The van der Waals surface area contributed by atoms with E-state index in [9.17, 15) is 13.2 Å². The molecule has 0 atom stereocenters. The molecular formula is C23H25N5O3S. The van der Waals surface area contributed by atoms with Gasteiger partial charge >= 0.3 is 0 Å². The minimum absolute atomic E-state index is 0.0941. The van der Waals surface area contributed by atoms with Gasteiger partial charge in [-0.25, -0.2) is 4.98 Å². The van der Waals surface area contributed by atoms with Crippen molar-refractivity contribution in [2.45, 2.75) is 31.6 Å². The number of benzene rings is 1. The van der Waals surface area contributed by atoms with Crippen LogP contribution in [0, 0.1) is 13.8 Å². The molecule has 4 rings (SSSR count). The molecule has 0 unspecified atom stereocenters. The second-order valence-electron chi connectivity index (χ2n) is 7.79. The largest absolute Gasteiger partial charge is 0.362 e. The lowest BCUT2D eigenvalue weighted by Crippen LogP contribution is -2.20. The Hall–Kier alpha value is -3.46. The number of hydrogen-bond donors (Lipinski definition) is 1. The summed E-state index contributed by atoms with van der Waals surface area (Å²) in [5, 5.41) is 2.84. The van der Waals surface area contributed by atoms with Crippen molar-refractivity contribution in [1.29, 1.82) is 0 Å². The maximum atomic E-state index is 12.9. The van der Waals surface area contributed by atoms with Gasteiger partial charge < -0.3 is 14.8 Å². The molecule has 1 aliphatic heterocycles. The Morgan fingerprint density at radius 3 is 2.50 bits per heavy atom. The Labute approximate surface area is 187 Å². The third kappa shape index (κ3) is 4.29. The molecule has 2 aromatic heterocycles. The first-order valence-corrected chi connectivity index (χ1v) is 11.8. The highest BCUT2D eigenvalue weighted by molar-refractivity contribution is 7.90. The first kappa shape index (κ1) is 21.8. The summed E-state index contributed by atoms with van der Waals surface area (Å²) in [4.78, 5) is 19.2. The number of sulfonamides is 1. The van der Waals surface area contributed by atoms with Gasteiger partial charge in [0.25, 0.3) is 15.9 Å². The summed E-state index contributed by atoms with van der Waals surface area (Å²) < 4.78 is 31.1. The lowest BCUT2D eigenvalue weighted by molar-refractivity contribution is 0.102. The fraction of sp³-hybridized carbons (Fsp3) is 0.261. The van der Waals surface area contributed by atoms with Crippen LogP contribution in [0.1, 0.15) is 34.6 Å². The summed E-state index contributed by atoms with van der Waals surface area (Å²) in [5.74, 6) is 1.04. The molecule has 8 nitrogen and oxygen atoms in total. The van der Waals surface area contributed by atoms with E-state index in [2.05, 4.69) is 14.7 Å². The Balaban J connectivity index is 1.53. The molecular weight excluding hydrogens is 426 g/mol. The first-order valence-electron chi connectivity index (χ1n) is 10.3. The second kappa shape index (κ2) is 8.58. The molecule has 1 fully saturated rings. The van der Waals surface area contributed by atoms with Gasteiger partial charge in [0.05, 0.1) is 10.5 Å². The van der Waals surface area contributed by atoms with Crippen molar-refractivity contribution in [3.8, 4) is 5.82 Å². The van der Waals surface area contributed by atoms with Crippen molar-refractivity contribution in [2.75, 3.05) is 18.9 Å². The number of nitrogens with one attached hydrogen (secondary N) is 1. The number of amides is 1. The van der Waals surface area contributed by atoms with E-state index in [0.29, 0.717) is 23.5 Å². The van der Waals surface area contributed by atoms with Crippen LogP contribution in [-0.4, -0.2) is 48.2 Å². The molecule has 3 aromatic rings. The van der Waals surface area contributed by atoms with Crippen molar-refractivity contribution in [1.82, 2.24) is 14.5 Å². The van der Waals surface area contributed by atoms with Gasteiger partial charge in [-0.15, -0.1) is 4.40 Å². The number of hydrogen-bond acceptors (Lipinski definition) is 4. The maximum Gasteiger partial charge on any atom is 0.283 e. The van der Waals surface area contributed by atoms with Crippen LogP contribution < -0.4 is 5.32 Å². The number of carbonyl (C=O) groups excluding carboxylic acids is 1. The van der Waals surface area contributed by atoms with Gasteiger partial charge in [0, 0.05) is 43.3 Å². The Kier molecular flexibility index (Phi) is 5.84. The number of nitrogens with zero attached hydrogens (tertiary/aromatic N) is 4. The van der Waals surface area contributed by atoms with Crippen LogP contribution in [0.5, 0.6) is 0 Å². The molecule has 1 saturated heterocycles. The van der Waals surface area contributed by atoms with Crippen molar-refractivity contribution in [2.24, 2.45) is 4.40 Å². The Bertz CT molecular complexity index is 1280. The van der Waals surface area contributed by atoms with E-state index in [1.165, 1.54) is 12.1 Å². The highest BCUT2D eigenvalue weighted by Gasteiger charge is 2.21. The van der Waals surface area contributed by atoms with Crippen LogP contribution in [0.25, 0.3) is 5.82 Å². The van der Waals surface area contributed by atoms with Gasteiger partial charge in [-0.3, -0.25) is 4.79 Å². The standard InChI is InChI=1S/C23H25N5O3S/c1-16-15-20(17(2)28(16)21-7-4-5-13-24-21)23(29)25-18-9-11-19(12-10-18)32(30,31)26-22-8-6-14-27(22)3/h4-5,7,9-13,15H,6,8,14H2,1-3H3,(H,25,29)/b26-22+. The van der Waals surface area contributed by atoms with Gasteiger partial charge in [-0.05, 0) is 62.7 Å². The zero-order valence-corrected chi connectivity index (χ0v) is 19.1. The van der Waals surface area contributed by atoms with Crippen LogP contribution in [-0.2, 0) is 10.0 Å². The molecule has 3 heterocycles. The number of likely N-dealkylation sites (tertiary alicyclic amines) is 1. The highest BCUT2D eigenvalue weighted by atomic mass is 32.2.